The molecule has 19 heavy (non-hydrogen) atoms. The maximum absolute atomic E-state index is 12.1. The lowest BCUT2D eigenvalue weighted by atomic mass is 10.3. The second kappa shape index (κ2) is 5.67. The van der Waals surface area contributed by atoms with Crippen LogP contribution in [0.5, 0.6) is 5.75 Å². The number of amides is 1. The lowest BCUT2D eigenvalue weighted by Gasteiger charge is -2.08. The van der Waals surface area contributed by atoms with E-state index in [1.54, 1.807) is 43.0 Å². The summed E-state index contributed by atoms with van der Waals surface area (Å²) in [4.78, 5) is 12.1. The predicted octanol–water partition coefficient (Wildman–Crippen LogP) is 3.70. The van der Waals surface area contributed by atoms with Crippen LogP contribution in [-0.2, 0) is 7.05 Å². The molecule has 2 aromatic rings. The SMILES string of the molecule is COc1ccc(NC(=O)c2cc(Br)cn2C)cc1Cl. The molecule has 1 aromatic carbocycles. The third kappa shape index (κ3) is 3.11. The molecule has 0 aliphatic carbocycles. The third-order valence-electron chi connectivity index (χ3n) is 2.61. The fourth-order valence-corrected chi connectivity index (χ4v) is 2.47. The molecule has 1 N–H and O–H groups in total. The van der Waals surface area contributed by atoms with E-state index in [1.165, 1.54) is 0 Å². The molecule has 1 heterocycles. The van der Waals surface area contributed by atoms with Gasteiger partial charge in [-0.25, -0.2) is 0 Å². The van der Waals surface area contributed by atoms with Crippen molar-refractivity contribution in [1.29, 1.82) is 0 Å². The Morgan fingerprint density at radius 2 is 2.16 bits per heavy atom. The van der Waals surface area contributed by atoms with Gasteiger partial charge in [0.2, 0.25) is 0 Å². The molecule has 0 bridgehead atoms. The maximum atomic E-state index is 12.1. The molecule has 2 rings (SSSR count). The van der Waals surface area contributed by atoms with Gasteiger partial charge in [0, 0.05) is 23.4 Å². The number of carbonyl (C=O) groups is 1. The van der Waals surface area contributed by atoms with Crippen molar-refractivity contribution in [2.45, 2.75) is 0 Å². The van der Waals surface area contributed by atoms with Gasteiger partial charge in [-0.15, -0.1) is 0 Å². The van der Waals surface area contributed by atoms with E-state index < -0.39 is 0 Å². The van der Waals surface area contributed by atoms with Gasteiger partial charge in [0.25, 0.3) is 5.91 Å². The maximum Gasteiger partial charge on any atom is 0.272 e. The van der Waals surface area contributed by atoms with Crippen LogP contribution in [0, 0.1) is 0 Å². The van der Waals surface area contributed by atoms with Crippen LogP contribution < -0.4 is 10.1 Å². The van der Waals surface area contributed by atoms with Crippen LogP contribution in [0.4, 0.5) is 5.69 Å². The van der Waals surface area contributed by atoms with Gasteiger partial charge in [-0.2, -0.15) is 0 Å². The molecule has 4 nitrogen and oxygen atoms in total. The Morgan fingerprint density at radius 1 is 1.42 bits per heavy atom. The molecular formula is C13H12BrClN2O2. The molecule has 0 aliphatic rings. The van der Waals surface area contributed by atoms with E-state index >= 15 is 0 Å². The minimum Gasteiger partial charge on any atom is -0.495 e. The summed E-state index contributed by atoms with van der Waals surface area (Å²) in [6.45, 7) is 0. The normalized spacial score (nSPS) is 10.3. The molecule has 100 valence electrons. The minimum atomic E-state index is -0.200. The highest BCUT2D eigenvalue weighted by Gasteiger charge is 2.12. The number of aryl methyl sites for hydroxylation is 1. The van der Waals surface area contributed by atoms with Gasteiger partial charge in [0.1, 0.15) is 11.4 Å². The highest BCUT2D eigenvalue weighted by molar-refractivity contribution is 9.10. The van der Waals surface area contributed by atoms with Gasteiger partial charge in [-0.1, -0.05) is 11.6 Å². The standard InChI is InChI=1S/C13H12BrClN2O2/c1-17-7-8(14)5-11(17)13(18)16-9-3-4-12(19-2)10(15)6-9/h3-7H,1-2H3,(H,16,18). The van der Waals surface area contributed by atoms with Gasteiger partial charge in [-0.05, 0) is 40.2 Å². The van der Waals surface area contributed by atoms with Crippen LogP contribution in [0.15, 0.2) is 34.9 Å². The first-order chi connectivity index (χ1) is 9.01. The largest absolute Gasteiger partial charge is 0.495 e. The van der Waals surface area contributed by atoms with Crippen molar-refractivity contribution < 1.29 is 9.53 Å². The number of hydrogen-bond donors (Lipinski definition) is 1. The Labute approximate surface area is 124 Å². The van der Waals surface area contributed by atoms with E-state index in [9.17, 15) is 4.79 Å². The predicted molar refractivity (Wildman–Crippen MR) is 79.1 cm³/mol. The lowest BCUT2D eigenvalue weighted by Crippen LogP contribution is -2.15. The van der Waals surface area contributed by atoms with Crippen molar-refractivity contribution in [3.63, 3.8) is 0 Å². The average molecular weight is 344 g/mol. The highest BCUT2D eigenvalue weighted by Crippen LogP contribution is 2.27. The summed E-state index contributed by atoms with van der Waals surface area (Å²) in [5.41, 5.74) is 1.17. The number of carbonyl (C=O) groups excluding carboxylic acids is 1. The molecule has 6 heteroatoms. The van der Waals surface area contributed by atoms with Crippen LogP contribution in [0.25, 0.3) is 0 Å². The van der Waals surface area contributed by atoms with Crippen molar-refractivity contribution in [2.24, 2.45) is 7.05 Å². The van der Waals surface area contributed by atoms with Crippen molar-refractivity contribution >= 4 is 39.1 Å². The number of anilines is 1. The van der Waals surface area contributed by atoms with Crippen molar-refractivity contribution in [2.75, 3.05) is 12.4 Å². The number of nitrogens with one attached hydrogen (secondary N) is 1. The molecule has 0 atom stereocenters. The monoisotopic (exact) mass is 342 g/mol. The van der Waals surface area contributed by atoms with Gasteiger partial charge in [-0.3, -0.25) is 4.79 Å². The van der Waals surface area contributed by atoms with E-state index in [1.807, 2.05) is 6.20 Å². The van der Waals surface area contributed by atoms with Crippen LogP contribution in [0.3, 0.4) is 0 Å². The quantitative estimate of drug-likeness (QED) is 0.923. The number of halogens is 2. The van der Waals surface area contributed by atoms with E-state index in [0.29, 0.717) is 22.2 Å². The second-order valence-corrected chi connectivity index (χ2v) is 5.28. The molecule has 0 saturated carbocycles. The van der Waals surface area contributed by atoms with Crippen LogP contribution in [-0.4, -0.2) is 17.6 Å². The second-order valence-electron chi connectivity index (χ2n) is 3.96. The van der Waals surface area contributed by atoms with E-state index in [-0.39, 0.29) is 5.91 Å². The Kier molecular flexibility index (Phi) is 4.17. The van der Waals surface area contributed by atoms with Gasteiger partial charge in [0.05, 0.1) is 12.1 Å². The Morgan fingerprint density at radius 3 is 2.68 bits per heavy atom. The lowest BCUT2D eigenvalue weighted by molar-refractivity contribution is 0.101. The summed E-state index contributed by atoms with van der Waals surface area (Å²) in [6, 6.07) is 6.84. The van der Waals surface area contributed by atoms with E-state index in [0.717, 1.165) is 4.47 Å². The molecular weight excluding hydrogens is 332 g/mol. The topological polar surface area (TPSA) is 43.3 Å². The molecule has 0 aliphatic heterocycles. The molecule has 0 saturated heterocycles. The summed E-state index contributed by atoms with van der Waals surface area (Å²) in [7, 11) is 3.35. The summed E-state index contributed by atoms with van der Waals surface area (Å²) >= 11 is 9.33. The van der Waals surface area contributed by atoms with Crippen LogP contribution >= 0.6 is 27.5 Å². The Balaban J connectivity index is 2.19. The minimum absolute atomic E-state index is 0.200. The fourth-order valence-electron chi connectivity index (χ4n) is 1.69. The summed E-state index contributed by atoms with van der Waals surface area (Å²) < 4.78 is 7.65. The highest BCUT2D eigenvalue weighted by atomic mass is 79.9. The zero-order chi connectivity index (χ0) is 14.0. The zero-order valence-electron chi connectivity index (χ0n) is 10.4. The number of hydrogen-bond acceptors (Lipinski definition) is 2. The Hall–Kier alpha value is -1.46. The first-order valence-corrected chi connectivity index (χ1v) is 6.65. The molecule has 0 spiro atoms. The molecule has 0 unspecified atom stereocenters. The van der Waals surface area contributed by atoms with E-state index in [2.05, 4.69) is 21.2 Å². The molecule has 1 aromatic heterocycles. The zero-order valence-corrected chi connectivity index (χ0v) is 12.7. The third-order valence-corrected chi connectivity index (χ3v) is 3.34. The average Bonchev–Trinajstić information content (AvgIpc) is 2.69. The summed E-state index contributed by atoms with van der Waals surface area (Å²) in [5.74, 6) is 0.371. The van der Waals surface area contributed by atoms with Crippen molar-refractivity contribution in [3.8, 4) is 5.75 Å². The molecule has 1 amide bonds. The first kappa shape index (κ1) is 14.0. The van der Waals surface area contributed by atoms with Crippen molar-refractivity contribution in [3.05, 3.63) is 45.7 Å². The smallest absolute Gasteiger partial charge is 0.272 e. The van der Waals surface area contributed by atoms with E-state index in [4.69, 9.17) is 16.3 Å². The summed E-state index contributed by atoms with van der Waals surface area (Å²) in [6.07, 6.45) is 1.82. The molecule has 0 fully saturated rings. The number of ether oxygens (including phenoxy) is 1. The Bertz CT molecular complexity index is 625. The van der Waals surface area contributed by atoms with Gasteiger partial charge in [0.15, 0.2) is 0 Å². The van der Waals surface area contributed by atoms with Gasteiger partial charge < -0.3 is 14.6 Å². The molecule has 0 radical (unpaired) electrons. The number of nitrogens with zero attached hydrogens (tertiary/aromatic N) is 1. The van der Waals surface area contributed by atoms with Gasteiger partial charge >= 0.3 is 0 Å². The fraction of sp³-hybridized carbons (Fsp3) is 0.154. The number of methoxy groups -OCH3 is 1. The van der Waals surface area contributed by atoms with Crippen molar-refractivity contribution in [1.82, 2.24) is 4.57 Å². The van der Waals surface area contributed by atoms with Crippen LogP contribution in [0.1, 0.15) is 10.5 Å². The number of benzene rings is 1. The van der Waals surface area contributed by atoms with Crippen LogP contribution in [0.2, 0.25) is 5.02 Å². The first-order valence-electron chi connectivity index (χ1n) is 5.48. The number of rotatable bonds is 3. The summed E-state index contributed by atoms with van der Waals surface area (Å²) in [5, 5.41) is 3.24. The number of aromatic nitrogens is 1.